The summed E-state index contributed by atoms with van der Waals surface area (Å²) in [6.07, 6.45) is 2.46. The van der Waals surface area contributed by atoms with E-state index in [1.165, 1.54) is 41.2 Å². The number of aromatic nitrogens is 4. The lowest BCUT2D eigenvalue weighted by molar-refractivity contribution is -0.139. The summed E-state index contributed by atoms with van der Waals surface area (Å²) in [4.78, 5) is 39.0. The number of hydrogen-bond acceptors (Lipinski definition) is 6. The van der Waals surface area contributed by atoms with Crippen molar-refractivity contribution < 1.29 is 18.4 Å². The SMILES string of the molecule is C[C@@]1(F)C[C@@H](C(=O)NCc2cccc(Cl)c2F)N(C(=O)Cn2cnc3c(N)ncnc32)C1. The maximum Gasteiger partial charge on any atom is 0.243 e. The van der Waals surface area contributed by atoms with Gasteiger partial charge in [0.2, 0.25) is 11.8 Å². The van der Waals surface area contributed by atoms with Crippen LogP contribution in [-0.4, -0.2) is 54.5 Å². The van der Waals surface area contributed by atoms with Gasteiger partial charge in [-0.3, -0.25) is 9.59 Å². The zero-order valence-electron chi connectivity index (χ0n) is 17.1. The van der Waals surface area contributed by atoms with Gasteiger partial charge in [-0.15, -0.1) is 0 Å². The molecule has 1 aliphatic rings. The number of anilines is 1. The number of fused-ring (bicyclic) bond motifs is 1. The summed E-state index contributed by atoms with van der Waals surface area (Å²) in [5, 5.41) is 2.51. The van der Waals surface area contributed by atoms with Gasteiger partial charge in [0.1, 0.15) is 35.9 Å². The molecule has 9 nitrogen and oxygen atoms in total. The quantitative estimate of drug-likeness (QED) is 0.596. The van der Waals surface area contributed by atoms with Crippen molar-refractivity contribution in [3.63, 3.8) is 0 Å². The van der Waals surface area contributed by atoms with Crippen LogP contribution in [0.2, 0.25) is 5.02 Å². The maximum atomic E-state index is 14.8. The summed E-state index contributed by atoms with van der Waals surface area (Å²) in [6, 6.07) is 3.39. The Kier molecular flexibility index (Phi) is 5.68. The molecule has 0 unspecified atom stereocenters. The Morgan fingerprint density at radius 2 is 2.12 bits per heavy atom. The number of carbonyl (C=O) groups excluding carboxylic acids is 2. The molecule has 3 N–H and O–H groups in total. The Morgan fingerprint density at radius 3 is 2.91 bits per heavy atom. The van der Waals surface area contributed by atoms with E-state index in [0.29, 0.717) is 11.2 Å². The molecule has 32 heavy (non-hydrogen) atoms. The third-order valence-corrected chi connectivity index (χ3v) is 5.63. The summed E-state index contributed by atoms with van der Waals surface area (Å²) in [6.45, 7) is 0.724. The average Bonchev–Trinajstić information content (AvgIpc) is 3.30. The minimum absolute atomic E-state index is 0.0669. The predicted molar refractivity (Wildman–Crippen MR) is 113 cm³/mol. The molecule has 1 aliphatic heterocycles. The highest BCUT2D eigenvalue weighted by molar-refractivity contribution is 6.30. The van der Waals surface area contributed by atoms with Gasteiger partial charge < -0.3 is 20.5 Å². The van der Waals surface area contributed by atoms with Crippen LogP contribution in [0.3, 0.4) is 0 Å². The van der Waals surface area contributed by atoms with Gasteiger partial charge >= 0.3 is 0 Å². The molecule has 3 heterocycles. The van der Waals surface area contributed by atoms with E-state index in [-0.39, 0.29) is 42.5 Å². The molecule has 0 radical (unpaired) electrons. The van der Waals surface area contributed by atoms with Crippen molar-refractivity contribution in [2.75, 3.05) is 12.3 Å². The van der Waals surface area contributed by atoms with Gasteiger partial charge in [0.25, 0.3) is 0 Å². The number of benzene rings is 1. The first-order valence-electron chi connectivity index (χ1n) is 9.76. The first-order valence-corrected chi connectivity index (χ1v) is 10.1. The molecule has 0 bridgehead atoms. The summed E-state index contributed by atoms with van der Waals surface area (Å²) in [5.41, 5.74) is 4.90. The molecule has 4 rings (SSSR count). The van der Waals surface area contributed by atoms with Crippen LogP contribution in [-0.2, 0) is 22.7 Å². The molecular weight excluding hydrogens is 444 g/mol. The number of amides is 2. The van der Waals surface area contributed by atoms with E-state index in [1.54, 1.807) is 6.07 Å². The van der Waals surface area contributed by atoms with Crippen LogP contribution in [0.25, 0.3) is 11.2 Å². The number of likely N-dealkylation sites (tertiary alicyclic amines) is 1. The molecule has 3 aromatic rings. The number of nitrogens with one attached hydrogen (secondary N) is 1. The van der Waals surface area contributed by atoms with E-state index in [4.69, 9.17) is 17.3 Å². The summed E-state index contributed by atoms with van der Waals surface area (Å²) >= 11 is 5.76. The Balaban J connectivity index is 1.50. The Hall–Kier alpha value is -3.34. The fourth-order valence-electron chi connectivity index (χ4n) is 3.78. The number of alkyl halides is 1. The Labute approximate surface area is 186 Å². The van der Waals surface area contributed by atoms with Crippen LogP contribution in [0.5, 0.6) is 0 Å². The van der Waals surface area contributed by atoms with E-state index >= 15 is 0 Å². The van der Waals surface area contributed by atoms with Crippen molar-refractivity contribution in [3.8, 4) is 0 Å². The van der Waals surface area contributed by atoms with E-state index < -0.39 is 29.3 Å². The van der Waals surface area contributed by atoms with Gasteiger partial charge in [-0.05, 0) is 13.0 Å². The van der Waals surface area contributed by atoms with Gasteiger partial charge in [-0.25, -0.2) is 23.7 Å². The normalized spacial score (nSPS) is 20.6. The smallest absolute Gasteiger partial charge is 0.243 e. The first-order chi connectivity index (χ1) is 15.2. The molecule has 0 aliphatic carbocycles. The van der Waals surface area contributed by atoms with Crippen molar-refractivity contribution in [2.45, 2.75) is 38.1 Å². The molecule has 2 aromatic heterocycles. The van der Waals surface area contributed by atoms with Gasteiger partial charge in [0.05, 0.1) is 17.9 Å². The largest absolute Gasteiger partial charge is 0.382 e. The van der Waals surface area contributed by atoms with Gasteiger partial charge in [0.15, 0.2) is 11.5 Å². The van der Waals surface area contributed by atoms with Gasteiger partial charge in [0, 0.05) is 18.5 Å². The molecule has 12 heteroatoms. The second-order valence-electron chi connectivity index (χ2n) is 7.89. The van der Waals surface area contributed by atoms with Crippen LogP contribution >= 0.6 is 11.6 Å². The Bertz CT molecular complexity index is 1200. The number of imidazole rings is 1. The number of halogens is 3. The highest BCUT2D eigenvalue weighted by Crippen LogP contribution is 2.31. The molecular formula is C20H20ClF2N7O2. The highest BCUT2D eigenvalue weighted by atomic mass is 35.5. The molecule has 1 saturated heterocycles. The second-order valence-corrected chi connectivity index (χ2v) is 8.30. The standard InChI is InChI=1S/C20H20ClF2N7O2/c1-20(23)5-13(19(32)25-6-11-3-2-4-12(21)15(11)22)30(8-20)14(31)7-29-10-28-16-17(24)26-9-27-18(16)29/h2-4,9-10,13H,5-8H2,1H3,(H,25,32)(H2,24,26,27)/t13-,20+/m0/s1. The summed E-state index contributed by atoms with van der Waals surface area (Å²) in [5.74, 6) is -1.54. The van der Waals surface area contributed by atoms with Crippen molar-refractivity contribution in [3.05, 3.63) is 47.3 Å². The minimum Gasteiger partial charge on any atom is -0.382 e. The molecule has 1 fully saturated rings. The van der Waals surface area contributed by atoms with E-state index in [9.17, 15) is 18.4 Å². The summed E-state index contributed by atoms with van der Waals surface area (Å²) in [7, 11) is 0. The first kappa shape index (κ1) is 21.9. The lowest BCUT2D eigenvalue weighted by atomic mass is 10.0. The summed E-state index contributed by atoms with van der Waals surface area (Å²) < 4.78 is 30.3. The monoisotopic (exact) mass is 463 g/mol. The van der Waals surface area contributed by atoms with Crippen LogP contribution in [0.15, 0.2) is 30.9 Å². The maximum absolute atomic E-state index is 14.8. The van der Waals surface area contributed by atoms with Crippen LogP contribution in [0, 0.1) is 5.82 Å². The van der Waals surface area contributed by atoms with Crippen molar-refractivity contribution in [2.24, 2.45) is 0 Å². The Morgan fingerprint density at radius 1 is 1.34 bits per heavy atom. The van der Waals surface area contributed by atoms with Gasteiger partial charge in [-0.1, -0.05) is 23.7 Å². The molecule has 1 aromatic carbocycles. The van der Waals surface area contributed by atoms with Crippen molar-refractivity contribution in [1.82, 2.24) is 29.7 Å². The lowest BCUT2D eigenvalue weighted by Gasteiger charge is -2.24. The van der Waals surface area contributed by atoms with Crippen molar-refractivity contribution >= 4 is 40.4 Å². The zero-order chi connectivity index (χ0) is 23.0. The number of rotatable bonds is 5. The molecule has 2 atom stereocenters. The molecule has 0 spiro atoms. The molecule has 2 amide bonds. The fourth-order valence-corrected chi connectivity index (χ4v) is 3.97. The number of nitrogens with two attached hydrogens (primary N) is 1. The zero-order valence-corrected chi connectivity index (χ0v) is 17.8. The second kappa shape index (κ2) is 8.30. The van der Waals surface area contributed by atoms with Gasteiger partial charge in [-0.2, -0.15) is 0 Å². The van der Waals surface area contributed by atoms with E-state index in [1.807, 2.05) is 0 Å². The van der Waals surface area contributed by atoms with Crippen LogP contribution in [0.4, 0.5) is 14.6 Å². The number of nitrogens with zero attached hydrogens (tertiary/aromatic N) is 5. The minimum atomic E-state index is -1.75. The predicted octanol–water partition coefficient (Wildman–Crippen LogP) is 1.85. The third kappa shape index (κ3) is 4.20. The molecule has 0 saturated carbocycles. The molecule has 168 valence electrons. The fraction of sp³-hybridized carbons (Fsp3) is 0.350. The third-order valence-electron chi connectivity index (χ3n) is 5.34. The van der Waals surface area contributed by atoms with Crippen LogP contribution in [0.1, 0.15) is 18.9 Å². The number of hydrogen-bond donors (Lipinski definition) is 2. The highest BCUT2D eigenvalue weighted by Gasteiger charge is 2.46. The van der Waals surface area contributed by atoms with E-state index in [2.05, 4.69) is 20.3 Å². The lowest BCUT2D eigenvalue weighted by Crippen LogP contribution is -2.46. The average molecular weight is 464 g/mol. The van der Waals surface area contributed by atoms with Crippen LogP contribution < -0.4 is 11.1 Å². The number of nitrogen functional groups attached to an aromatic ring is 1. The topological polar surface area (TPSA) is 119 Å². The van der Waals surface area contributed by atoms with E-state index in [0.717, 1.165) is 0 Å². The number of carbonyl (C=O) groups is 2. The van der Waals surface area contributed by atoms with Crippen molar-refractivity contribution in [1.29, 1.82) is 0 Å².